The number of carbonyl (C=O) groups excluding carboxylic acids is 3. The predicted molar refractivity (Wildman–Crippen MR) is 105 cm³/mol. The van der Waals surface area contributed by atoms with Gasteiger partial charge in [0.2, 0.25) is 0 Å². The summed E-state index contributed by atoms with van der Waals surface area (Å²) in [6.07, 6.45) is 0.341. The van der Waals surface area contributed by atoms with Gasteiger partial charge in [-0.2, -0.15) is 5.26 Å². The summed E-state index contributed by atoms with van der Waals surface area (Å²) in [5.41, 5.74) is 1.15. The number of Topliss-reactive ketones (excluding diaryl/α,β-unsaturated/α-hetero) is 1. The maximum atomic E-state index is 13.5. The van der Waals surface area contributed by atoms with Crippen molar-refractivity contribution in [2.45, 2.75) is 38.8 Å². The Morgan fingerprint density at radius 1 is 1.27 bits per heavy atom. The minimum atomic E-state index is -0.792. The Morgan fingerprint density at radius 2 is 1.93 bits per heavy atom. The van der Waals surface area contributed by atoms with Crippen LogP contribution in [-0.4, -0.2) is 39.4 Å². The lowest BCUT2D eigenvalue weighted by Gasteiger charge is -2.31. The number of nitrogens with one attached hydrogen (secondary N) is 2. The zero-order valence-electron chi connectivity index (χ0n) is 16.7. The van der Waals surface area contributed by atoms with Gasteiger partial charge in [0.15, 0.2) is 0 Å². The van der Waals surface area contributed by atoms with Gasteiger partial charge >= 0.3 is 0 Å². The topological polar surface area (TPSA) is 124 Å². The SMILES string of the molecule is Cc1c(C(=O)Nc2ccc(F)c(C#N)c2)c(C)n(C)c1C(=O)C(=O)N[C@H]1C[C@H](O)C1. The van der Waals surface area contributed by atoms with Crippen LogP contribution in [0.1, 0.15) is 50.5 Å². The summed E-state index contributed by atoms with van der Waals surface area (Å²) in [6, 6.07) is 5.08. The van der Waals surface area contributed by atoms with Crippen LogP contribution in [0.2, 0.25) is 0 Å². The Hall–Kier alpha value is -3.51. The van der Waals surface area contributed by atoms with Gasteiger partial charge in [0, 0.05) is 24.5 Å². The van der Waals surface area contributed by atoms with E-state index < -0.39 is 29.5 Å². The molecule has 1 saturated carbocycles. The van der Waals surface area contributed by atoms with Crippen LogP contribution in [-0.2, 0) is 11.8 Å². The number of benzene rings is 1. The largest absolute Gasteiger partial charge is 0.393 e. The summed E-state index contributed by atoms with van der Waals surface area (Å²) >= 11 is 0. The van der Waals surface area contributed by atoms with Crippen LogP contribution in [0.25, 0.3) is 0 Å². The van der Waals surface area contributed by atoms with Crippen LogP contribution in [0.4, 0.5) is 10.1 Å². The first-order valence-corrected chi connectivity index (χ1v) is 9.34. The molecule has 2 aromatic rings. The fourth-order valence-electron chi connectivity index (χ4n) is 3.58. The lowest BCUT2D eigenvalue weighted by Crippen LogP contribution is -2.49. The molecule has 0 atom stereocenters. The van der Waals surface area contributed by atoms with Gasteiger partial charge in [-0.1, -0.05) is 0 Å². The van der Waals surface area contributed by atoms with Crippen LogP contribution in [0.3, 0.4) is 0 Å². The van der Waals surface area contributed by atoms with E-state index in [0.29, 0.717) is 24.1 Å². The fraction of sp³-hybridized carbons (Fsp3) is 0.333. The smallest absolute Gasteiger partial charge is 0.294 e. The first-order chi connectivity index (χ1) is 14.1. The third-order valence-electron chi connectivity index (χ3n) is 5.37. The summed E-state index contributed by atoms with van der Waals surface area (Å²) in [5.74, 6) is -2.80. The van der Waals surface area contributed by atoms with Crippen molar-refractivity contribution in [3.05, 3.63) is 52.1 Å². The fourth-order valence-corrected chi connectivity index (χ4v) is 3.58. The molecule has 0 saturated heterocycles. The van der Waals surface area contributed by atoms with E-state index in [0.717, 1.165) is 6.07 Å². The molecule has 0 spiro atoms. The van der Waals surface area contributed by atoms with Gasteiger partial charge in [-0.15, -0.1) is 0 Å². The maximum absolute atomic E-state index is 13.5. The molecule has 1 fully saturated rings. The molecule has 1 heterocycles. The second kappa shape index (κ2) is 8.08. The number of nitriles is 1. The van der Waals surface area contributed by atoms with E-state index in [1.54, 1.807) is 27.0 Å². The van der Waals surface area contributed by atoms with Crippen molar-refractivity contribution in [1.82, 2.24) is 9.88 Å². The molecule has 0 unspecified atom stereocenters. The van der Waals surface area contributed by atoms with E-state index in [4.69, 9.17) is 5.26 Å². The number of carbonyl (C=O) groups is 3. The Bertz CT molecular complexity index is 1090. The molecule has 1 aliphatic rings. The molecule has 8 nitrogen and oxygen atoms in total. The Morgan fingerprint density at radius 3 is 2.53 bits per heavy atom. The van der Waals surface area contributed by atoms with Crippen LogP contribution in [0.15, 0.2) is 18.2 Å². The second-order valence-corrected chi connectivity index (χ2v) is 7.38. The number of nitrogens with zero attached hydrogens (tertiary/aromatic N) is 2. The third kappa shape index (κ3) is 3.82. The van der Waals surface area contributed by atoms with Crippen molar-refractivity contribution in [3.8, 4) is 6.07 Å². The molecule has 1 aliphatic carbocycles. The lowest BCUT2D eigenvalue weighted by molar-refractivity contribution is -0.119. The van der Waals surface area contributed by atoms with Crippen molar-refractivity contribution in [2.75, 3.05) is 5.32 Å². The van der Waals surface area contributed by atoms with Gasteiger partial charge in [-0.25, -0.2) is 4.39 Å². The Kier molecular flexibility index (Phi) is 5.71. The van der Waals surface area contributed by atoms with Gasteiger partial charge in [-0.05, 0) is 50.5 Å². The first-order valence-electron chi connectivity index (χ1n) is 9.34. The Labute approximate surface area is 172 Å². The van der Waals surface area contributed by atoms with Crippen molar-refractivity contribution >= 4 is 23.3 Å². The lowest BCUT2D eigenvalue weighted by atomic mass is 9.89. The number of aromatic nitrogens is 1. The molecule has 30 heavy (non-hydrogen) atoms. The van der Waals surface area contributed by atoms with Gasteiger partial charge < -0.3 is 20.3 Å². The van der Waals surface area contributed by atoms with Crippen LogP contribution >= 0.6 is 0 Å². The highest BCUT2D eigenvalue weighted by atomic mass is 19.1. The second-order valence-electron chi connectivity index (χ2n) is 7.38. The van der Waals surface area contributed by atoms with Crippen LogP contribution in [0, 0.1) is 31.0 Å². The quantitative estimate of drug-likeness (QED) is 0.510. The van der Waals surface area contributed by atoms with Gasteiger partial charge in [0.05, 0.1) is 22.9 Å². The molecule has 9 heteroatoms. The zero-order valence-corrected chi connectivity index (χ0v) is 16.7. The van der Waals surface area contributed by atoms with Gasteiger partial charge in [0.25, 0.3) is 17.6 Å². The summed E-state index contributed by atoms with van der Waals surface area (Å²) in [5, 5.41) is 23.4. The number of aliphatic hydroxyl groups excluding tert-OH is 1. The number of hydrogen-bond donors (Lipinski definition) is 3. The molecule has 2 amide bonds. The molecule has 1 aromatic heterocycles. The number of ketones is 1. The van der Waals surface area contributed by atoms with Gasteiger partial charge in [-0.3, -0.25) is 14.4 Å². The Balaban J connectivity index is 1.84. The molecule has 3 rings (SSSR count). The zero-order chi connectivity index (χ0) is 22.2. The minimum Gasteiger partial charge on any atom is -0.393 e. The van der Waals surface area contributed by atoms with E-state index in [9.17, 15) is 23.9 Å². The van der Waals surface area contributed by atoms with Crippen molar-refractivity contribution < 1.29 is 23.9 Å². The van der Waals surface area contributed by atoms with Crippen molar-refractivity contribution in [1.29, 1.82) is 5.26 Å². The van der Waals surface area contributed by atoms with E-state index >= 15 is 0 Å². The normalized spacial score (nSPS) is 17.6. The molecule has 1 aromatic carbocycles. The number of hydrogen-bond acceptors (Lipinski definition) is 5. The average molecular weight is 412 g/mol. The first kappa shape index (κ1) is 21.2. The van der Waals surface area contributed by atoms with E-state index in [1.807, 2.05) is 0 Å². The predicted octanol–water partition coefficient (Wildman–Crippen LogP) is 1.73. The molecule has 0 aliphatic heterocycles. The highest BCUT2D eigenvalue weighted by molar-refractivity contribution is 6.43. The van der Waals surface area contributed by atoms with Crippen molar-refractivity contribution in [3.63, 3.8) is 0 Å². The maximum Gasteiger partial charge on any atom is 0.294 e. The highest BCUT2D eigenvalue weighted by Gasteiger charge is 2.33. The summed E-state index contributed by atoms with van der Waals surface area (Å²) in [4.78, 5) is 37.9. The van der Waals surface area contributed by atoms with Crippen LogP contribution < -0.4 is 10.6 Å². The average Bonchev–Trinajstić information content (AvgIpc) is 2.90. The highest BCUT2D eigenvalue weighted by Crippen LogP contribution is 2.24. The standard InChI is InChI=1S/C21H21FN4O4/c1-10-17(20(29)24-13-4-5-16(22)12(6-13)9-23)11(2)26(3)18(10)19(28)21(30)25-14-7-15(27)8-14/h4-6,14-15,27H,7-8H2,1-3H3,(H,24,29)(H,25,30)/t14-,15-. The number of anilines is 1. The summed E-state index contributed by atoms with van der Waals surface area (Å²) in [6.45, 7) is 3.21. The molecule has 0 bridgehead atoms. The van der Waals surface area contributed by atoms with Crippen molar-refractivity contribution in [2.24, 2.45) is 7.05 Å². The molecule has 3 N–H and O–H groups in total. The van der Waals surface area contributed by atoms with Crippen LogP contribution in [0.5, 0.6) is 0 Å². The van der Waals surface area contributed by atoms with E-state index in [1.165, 1.54) is 16.7 Å². The third-order valence-corrected chi connectivity index (χ3v) is 5.37. The number of rotatable bonds is 5. The molecule has 156 valence electrons. The number of amides is 2. The van der Waals surface area contributed by atoms with E-state index in [2.05, 4.69) is 10.6 Å². The summed E-state index contributed by atoms with van der Waals surface area (Å²) < 4.78 is 15.0. The minimum absolute atomic E-state index is 0.0897. The molecule has 0 radical (unpaired) electrons. The number of aliphatic hydroxyl groups is 1. The van der Waals surface area contributed by atoms with Gasteiger partial charge in [0.1, 0.15) is 11.9 Å². The molecular formula is C21H21FN4O4. The molecular weight excluding hydrogens is 391 g/mol. The summed E-state index contributed by atoms with van der Waals surface area (Å²) in [7, 11) is 1.58. The number of halogens is 1. The van der Waals surface area contributed by atoms with E-state index in [-0.39, 0.29) is 28.6 Å². The monoisotopic (exact) mass is 412 g/mol.